The van der Waals surface area contributed by atoms with Crippen LogP contribution in [-0.2, 0) is 0 Å². The van der Waals surface area contributed by atoms with Crippen molar-refractivity contribution in [3.8, 4) is 0 Å². The lowest BCUT2D eigenvalue weighted by molar-refractivity contribution is 0.101. The summed E-state index contributed by atoms with van der Waals surface area (Å²) in [5.74, 6) is 1.86. The molecule has 1 nitrogen and oxygen atoms in total. The molecule has 0 spiro atoms. The van der Waals surface area contributed by atoms with Crippen molar-refractivity contribution in [3.63, 3.8) is 0 Å². The number of rotatable bonds is 3. The molecule has 3 unspecified atom stereocenters. The van der Waals surface area contributed by atoms with Gasteiger partial charge in [0, 0.05) is 15.7 Å². The highest BCUT2D eigenvalue weighted by Crippen LogP contribution is 2.38. The number of thioether (sulfide) groups is 1. The van der Waals surface area contributed by atoms with E-state index < -0.39 is 0 Å². The van der Waals surface area contributed by atoms with E-state index in [1.165, 1.54) is 24.2 Å². The molecule has 0 saturated heterocycles. The van der Waals surface area contributed by atoms with E-state index in [0.717, 1.165) is 22.6 Å². The summed E-state index contributed by atoms with van der Waals surface area (Å²) >= 11 is 1.98. The molecule has 1 aromatic carbocycles. The van der Waals surface area contributed by atoms with E-state index in [2.05, 4.69) is 26.0 Å². The van der Waals surface area contributed by atoms with Crippen molar-refractivity contribution < 1.29 is 4.79 Å². The number of hydrogen-bond acceptors (Lipinski definition) is 2. The lowest BCUT2D eigenvalue weighted by Crippen LogP contribution is -2.22. The van der Waals surface area contributed by atoms with E-state index in [9.17, 15) is 4.79 Å². The molecule has 0 N–H and O–H groups in total. The summed E-state index contributed by atoms with van der Waals surface area (Å²) in [6.45, 7) is 6.36. The summed E-state index contributed by atoms with van der Waals surface area (Å²) in [5, 5.41) is 0.749. The molecule has 98 valence electrons. The van der Waals surface area contributed by atoms with Crippen LogP contribution in [-0.4, -0.2) is 11.0 Å². The van der Waals surface area contributed by atoms with Gasteiger partial charge in [0.05, 0.1) is 0 Å². The third kappa shape index (κ3) is 3.38. The van der Waals surface area contributed by atoms with Crippen LogP contribution in [0.4, 0.5) is 0 Å². The third-order valence-corrected chi connectivity index (χ3v) is 5.42. The molecular weight excluding hydrogens is 240 g/mol. The highest BCUT2D eigenvalue weighted by molar-refractivity contribution is 8.00. The SMILES string of the molecule is CC(=O)c1ccc(SC2CCC(C)C(C)C2)cc1. The van der Waals surface area contributed by atoms with Gasteiger partial charge in [-0.3, -0.25) is 4.79 Å². The third-order valence-electron chi connectivity index (χ3n) is 4.11. The summed E-state index contributed by atoms with van der Waals surface area (Å²) in [6.07, 6.45) is 4.00. The second-order valence-electron chi connectivity index (χ2n) is 5.59. The van der Waals surface area contributed by atoms with Crippen LogP contribution < -0.4 is 0 Å². The van der Waals surface area contributed by atoms with Crippen LogP contribution in [0, 0.1) is 11.8 Å². The Bertz CT molecular complexity index is 410. The average molecular weight is 262 g/mol. The average Bonchev–Trinajstić information content (AvgIpc) is 2.34. The summed E-state index contributed by atoms with van der Waals surface area (Å²) in [7, 11) is 0. The molecule has 18 heavy (non-hydrogen) atoms. The summed E-state index contributed by atoms with van der Waals surface area (Å²) in [5.41, 5.74) is 0.810. The molecule has 0 radical (unpaired) electrons. The lowest BCUT2D eigenvalue weighted by atomic mass is 9.81. The number of carbonyl (C=O) groups excluding carboxylic acids is 1. The highest BCUT2D eigenvalue weighted by Gasteiger charge is 2.24. The van der Waals surface area contributed by atoms with E-state index in [1.54, 1.807) is 6.92 Å². The Morgan fingerprint density at radius 1 is 1.11 bits per heavy atom. The summed E-state index contributed by atoms with van der Waals surface area (Å²) in [6, 6.07) is 8.06. The Hall–Kier alpha value is -0.760. The van der Waals surface area contributed by atoms with Crippen LogP contribution in [0.5, 0.6) is 0 Å². The monoisotopic (exact) mass is 262 g/mol. The maximum Gasteiger partial charge on any atom is 0.159 e. The van der Waals surface area contributed by atoms with Gasteiger partial charge in [0.1, 0.15) is 0 Å². The second kappa shape index (κ2) is 5.92. The van der Waals surface area contributed by atoms with Gasteiger partial charge in [-0.25, -0.2) is 0 Å². The van der Waals surface area contributed by atoms with Crippen molar-refractivity contribution in [1.82, 2.24) is 0 Å². The fraction of sp³-hybridized carbons (Fsp3) is 0.562. The normalized spacial score (nSPS) is 28.1. The predicted molar refractivity (Wildman–Crippen MR) is 78.3 cm³/mol. The molecule has 0 amide bonds. The minimum Gasteiger partial charge on any atom is -0.295 e. The summed E-state index contributed by atoms with van der Waals surface area (Å²) < 4.78 is 0. The molecule has 1 aromatic rings. The maximum absolute atomic E-state index is 11.2. The fourth-order valence-electron chi connectivity index (χ4n) is 2.57. The molecule has 1 saturated carbocycles. The molecule has 1 fully saturated rings. The van der Waals surface area contributed by atoms with Crippen molar-refractivity contribution in [2.45, 2.75) is 50.2 Å². The molecule has 0 bridgehead atoms. The Morgan fingerprint density at radius 3 is 2.33 bits per heavy atom. The molecule has 0 heterocycles. The van der Waals surface area contributed by atoms with E-state index >= 15 is 0 Å². The molecule has 0 aliphatic heterocycles. The number of benzene rings is 1. The first-order valence-electron chi connectivity index (χ1n) is 6.84. The van der Waals surface area contributed by atoms with Gasteiger partial charge in [-0.05, 0) is 50.2 Å². The van der Waals surface area contributed by atoms with Gasteiger partial charge < -0.3 is 0 Å². The Balaban J connectivity index is 1.95. The first-order chi connectivity index (χ1) is 8.56. The van der Waals surface area contributed by atoms with Gasteiger partial charge in [-0.1, -0.05) is 26.0 Å². The molecule has 1 aliphatic carbocycles. The Kier molecular flexibility index (Phi) is 4.50. The first kappa shape index (κ1) is 13.7. The van der Waals surface area contributed by atoms with Crippen molar-refractivity contribution in [3.05, 3.63) is 29.8 Å². The predicted octanol–water partition coefficient (Wildman–Crippen LogP) is 4.81. The van der Waals surface area contributed by atoms with Crippen molar-refractivity contribution in [2.24, 2.45) is 11.8 Å². The van der Waals surface area contributed by atoms with Crippen LogP contribution in [0.2, 0.25) is 0 Å². The maximum atomic E-state index is 11.2. The molecule has 2 heteroatoms. The lowest BCUT2D eigenvalue weighted by Gasteiger charge is -2.31. The molecule has 1 aliphatic rings. The van der Waals surface area contributed by atoms with E-state index in [1.807, 2.05) is 23.9 Å². The quantitative estimate of drug-likeness (QED) is 0.727. The van der Waals surface area contributed by atoms with Crippen LogP contribution in [0.15, 0.2) is 29.2 Å². The van der Waals surface area contributed by atoms with Crippen molar-refractivity contribution in [2.75, 3.05) is 0 Å². The fourth-order valence-corrected chi connectivity index (χ4v) is 3.90. The van der Waals surface area contributed by atoms with Gasteiger partial charge in [-0.15, -0.1) is 11.8 Å². The van der Waals surface area contributed by atoms with E-state index in [-0.39, 0.29) is 5.78 Å². The van der Waals surface area contributed by atoms with Gasteiger partial charge >= 0.3 is 0 Å². The van der Waals surface area contributed by atoms with Gasteiger partial charge in [0.25, 0.3) is 0 Å². The molecular formula is C16H22OS. The minimum atomic E-state index is 0.145. The van der Waals surface area contributed by atoms with Gasteiger partial charge in [-0.2, -0.15) is 0 Å². The number of Topliss-reactive ketones (excluding diaryl/α,β-unsaturated/α-hetero) is 1. The highest BCUT2D eigenvalue weighted by atomic mass is 32.2. The first-order valence-corrected chi connectivity index (χ1v) is 7.72. The molecule has 0 aromatic heterocycles. The number of carbonyl (C=O) groups is 1. The van der Waals surface area contributed by atoms with Crippen molar-refractivity contribution in [1.29, 1.82) is 0 Å². The van der Waals surface area contributed by atoms with E-state index in [0.29, 0.717) is 0 Å². The second-order valence-corrected chi connectivity index (χ2v) is 6.96. The number of hydrogen-bond donors (Lipinski definition) is 0. The number of ketones is 1. The molecule has 2 rings (SSSR count). The smallest absolute Gasteiger partial charge is 0.159 e. The van der Waals surface area contributed by atoms with Gasteiger partial charge in [0.15, 0.2) is 5.78 Å². The topological polar surface area (TPSA) is 17.1 Å². The van der Waals surface area contributed by atoms with Crippen LogP contribution in [0.25, 0.3) is 0 Å². The van der Waals surface area contributed by atoms with E-state index in [4.69, 9.17) is 0 Å². The minimum absolute atomic E-state index is 0.145. The van der Waals surface area contributed by atoms with Crippen LogP contribution in [0.3, 0.4) is 0 Å². The van der Waals surface area contributed by atoms with Crippen molar-refractivity contribution >= 4 is 17.5 Å². The zero-order valence-electron chi connectivity index (χ0n) is 11.5. The Labute approximate surface area is 114 Å². The standard InChI is InChI=1S/C16H22OS/c1-11-4-7-16(10-12(11)2)18-15-8-5-14(6-9-15)13(3)17/h5-6,8-9,11-12,16H,4,7,10H2,1-3H3. The van der Waals surface area contributed by atoms with Gasteiger partial charge in [0.2, 0.25) is 0 Å². The largest absolute Gasteiger partial charge is 0.295 e. The summed E-state index contributed by atoms with van der Waals surface area (Å²) in [4.78, 5) is 12.5. The molecule has 3 atom stereocenters. The van der Waals surface area contributed by atoms with Crippen LogP contribution >= 0.6 is 11.8 Å². The zero-order valence-corrected chi connectivity index (χ0v) is 12.3. The Morgan fingerprint density at radius 2 is 1.78 bits per heavy atom. The van der Waals surface area contributed by atoms with Crippen LogP contribution in [0.1, 0.15) is 50.4 Å². The zero-order chi connectivity index (χ0) is 13.1.